The molecule has 1 aliphatic rings. The fourth-order valence-corrected chi connectivity index (χ4v) is 4.61. The molecule has 3 aromatic heterocycles. The Morgan fingerprint density at radius 2 is 1.90 bits per heavy atom. The van der Waals surface area contributed by atoms with Gasteiger partial charge in [-0.25, -0.2) is 5.01 Å². The third-order valence-corrected chi connectivity index (χ3v) is 6.35. The van der Waals surface area contributed by atoms with Gasteiger partial charge < -0.3 is 4.57 Å². The highest BCUT2D eigenvalue weighted by atomic mass is 32.1. The molecule has 0 bridgehead atoms. The number of rotatable bonds is 4. The highest BCUT2D eigenvalue weighted by molar-refractivity contribution is 7.12. The average Bonchev–Trinajstić information content (AvgIpc) is 3.42. The second kappa shape index (κ2) is 7.60. The second-order valence-electron chi connectivity index (χ2n) is 6.38. The number of amides is 1. The summed E-state index contributed by atoms with van der Waals surface area (Å²) in [7, 11) is 0. The maximum absolute atomic E-state index is 13.0. The summed E-state index contributed by atoms with van der Waals surface area (Å²) in [5.41, 5.74) is -0.923. The zero-order valence-corrected chi connectivity index (χ0v) is 16.4. The minimum atomic E-state index is -4.60. The van der Waals surface area contributed by atoms with Gasteiger partial charge in [-0.05, 0) is 29.0 Å². The van der Waals surface area contributed by atoms with Crippen LogP contribution in [0, 0.1) is 0 Å². The molecule has 150 valence electrons. The molecular weight excluding hydrogens is 423 g/mol. The van der Waals surface area contributed by atoms with Gasteiger partial charge in [0.05, 0.1) is 22.2 Å². The van der Waals surface area contributed by atoms with Gasteiger partial charge in [-0.1, -0.05) is 12.1 Å². The minimum absolute atomic E-state index is 0.346. The van der Waals surface area contributed by atoms with E-state index in [4.69, 9.17) is 0 Å². The van der Waals surface area contributed by atoms with Gasteiger partial charge >= 0.3 is 6.18 Å². The molecule has 4 rings (SSSR count). The molecule has 0 saturated carbocycles. The van der Waals surface area contributed by atoms with Crippen LogP contribution in [-0.2, 0) is 17.5 Å². The first-order valence-corrected chi connectivity index (χ1v) is 10.3. The first kappa shape index (κ1) is 19.6. The molecule has 4 heterocycles. The topological polar surface area (TPSA) is 54.7 Å². The Labute approximate surface area is 171 Å². The van der Waals surface area contributed by atoms with Crippen molar-refractivity contribution >= 4 is 34.3 Å². The van der Waals surface area contributed by atoms with Crippen LogP contribution in [0.25, 0.3) is 0 Å². The van der Waals surface area contributed by atoms with Crippen molar-refractivity contribution in [2.75, 3.05) is 0 Å². The zero-order valence-electron chi connectivity index (χ0n) is 14.8. The summed E-state index contributed by atoms with van der Waals surface area (Å²) in [6.45, 7) is -0.522. The molecule has 1 atom stereocenters. The van der Waals surface area contributed by atoms with Gasteiger partial charge in [0.15, 0.2) is 0 Å². The number of pyridine rings is 1. The second-order valence-corrected chi connectivity index (χ2v) is 8.31. The zero-order chi connectivity index (χ0) is 20.6. The van der Waals surface area contributed by atoms with E-state index in [2.05, 4.69) is 5.10 Å². The van der Waals surface area contributed by atoms with Crippen LogP contribution in [0.5, 0.6) is 0 Å². The lowest BCUT2D eigenvalue weighted by molar-refractivity contribution is -0.139. The standard InChI is InChI=1S/C19H14F3N3O2S2/c20-19(21,22)12-5-6-17(26)24(10-12)11-18(27)25-14(16-4-2-8-29-16)9-13(23-25)15-3-1-7-28-15/h1-8,10,14H,9,11H2. The van der Waals surface area contributed by atoms with E-state index in [0.717, 1.165) is 26.1 Å². The molecular formula is C19H14F3N3O2S2. The number of hydrogen-bond donors (Lipinski definition) is 0. The van der Waals surface area contributed by atoms with E-state index < -0.39 is 29.8 Å². The van der Waals surface area contributed by atoms with E-state index in [1.807, 2.05) is 35.0 Å². The highest BCUT2D eigenvalue weighted by Crippen LogP contribution is 2.36. The average molecular weight is 437 g/mol. The molecule has 29 heavy (non-hydrogen) atoms. The van der Waals surface area contributed by atoms with E-state index in [-0.39, 0.29) is 6.04 Å². The number of hydrogen-bond acceptors (Lipinski definition) is 5. The molecule has 5 nitrogen and oxygen atoms in total. The van der Waals surface area contributed by atoms with Crippen LogP contribution in [0.1, 0.15) is 27.8 Å². The van der Waals surface area contributed by atoms with Crippen LogP contribution in [0.15, 0.2) is 63.3 Å². The number of hydrazone groups is 1. The van der Waals surface area contributed by atoms with Crippen molar-refractivity contribution in [1.82, 2.24) is 9.58 Å². The predicted molar refractivity (Wildman–Crippen MR) is 105 cm³/mol. The van der Waals surface area contributed by atoms with E-state index >= 15 is 0 Å². The van der Waals surface area contributed by atoms with E-state index in [9.17, 15) is 22.8 Å². The van der Waals surface area contributed by atoms with E-state index in [1.165, 1.54) is 27.7 Å². The number of aromatic nitrogens is 1. The van der Waals surface area contributed by atoms with Crippen LogP contribution in [0.4, 0.5) is 13.2 Å². The maximum atomic E-state index is 13.0. The molecule has 0 aromatic carbocycles. The van der Waals surface area contributed by atoms with Crippen molar-refractivity contribution in [3.05, 3.63) is 79.0 Å². The summed E-state index contributed by atoms with van der Waals surface area (Å²) in [4.78, 5) is 26.8. The summed E-state index contributed by atoms with van der Waals surface area (Å²) < 4.78 is 39.7. The first-order valence-electron chi connectivity index (χ1n) is 8.57. The van der Waals surface area contributed by atoms with Crippen molar-refractivity contribution in [3.63, 3.8) is 0 Å². The number of carbonyl (C=O) groups is 1. The smallest absolute Gasteiger partial charge is 0.305 e. The highest BCUT2D eigenvalue weighted by Gasteiger charge is 2.35. The maximum Gasteiger partial charge on any atom is 0.417 e. The molecule has 0 aliphatic carbocycles. The minimum Gasteiger partial charge on any atom is -0.305 e. The number of alkyl halides is 3. The van der Waals surface area contributed by atoms with Gasteiger partial charge in [-0.15, -0.1) is 22.7 Å². The Hall–Kier alpha value is -2.72. The lowest BCUT2D eigenvalue weighted by Gasteiger charge is -2.21. The van der Waals surface area contributed by atoms with Crippen LogP contribution in [0.2, 0.25) is 0 Å². The van der Waals surface area contributed by atoms with Crippen molar-refractivity contribution in [2.45, 2.75) is 25.2 Å². The Bertz CT molecular complexity index is 1100. The molecule has 0 N–H and O–H groups in total. The molecule has 0 spiro atoms. The monoisotopic (exact) mass is 437 g/mol. The Morgan fingerprint density at radius 3 is 2.55 bits per heavy atom. The Morgan fingerprint density at radius 1 is 1.14 bits per heavy atom. The summed E-state index contributed by atoms with van der Waals surface area (Å²) in [5.74, 6) is -0.545. The van der Waals surface area contributed by atoms with Gasteiger partial charge in [0.25, 0.3) is 11.5 Å². The largest absolute Gasteiger partial charge is 0.417 e. The number of thiophene rings is 2. The third-order valence-electron chi connectivity index (χ3n) is 4.46. The van der Waals surface area contributed by atoms with Gasteiger partial charge in [0, 0.05) is 23.6 Å². The van der Waals surface area contributed by atoms with Gasteiger partial charge in [0.1, 0.15) is 6.54 Å². The molecule has 0 fully saturated rings. The summed E-state index contributed by atoms with van der Waals surface area (Å²) >= 11 is 2.97. The number of halogens is 3. The summed E-state index contributed by atoms with van der Waals surface area (Å²) in [6, 6.07) is 8.72. The van der Waals surface area contributed by atoms with Crippen LogP contribution in [0.3, 0.4) is 0 Å². The predicted octanol–water partition coefficient (Wildman–Crippen LogP) is 4.37. The molecule has 1 unspecified atom stereocenters. The lowest BCUT2D eigenvalue weighted by Crippen LogP contribution is -2.33. The number of nitrogens with zero attached hydrogens (tertiary/aromatic N) is 3. The molecule has 1 aliphatic heterocycles. The van der Waals surface area contributed by atoms with E-state index in [0.29, 0.717) is 18.7 Å². The molecule has 1 amide bonds. The normalized spacial score (nSPS) is 16.9. The van der Waals surface area contributed by atoms with Crippen molar-refractivity contribution < 1.29 is 18.0 Å². The lowest BCUT2D eigenvalue weighted by atomic mass is 10.1. The van der Waals surface area contributed by atoms with Gasteiger partial charge in [0.2, 0.25) is 0 Å². The van der Waals surface area contributed by atoms with E-state index in [1.54, 1.807) is 0 Å². The van der Waals surface area contributed by atoms with Crippen molar-refractivity contribution in [2.24, 2.45) is 5.10 Å². The molecule has 0 radical (unpaired) electrons. The fourth-order valence-electron chi connectivity index (χ4n) is 3.08. The van der Waals surface area contributed by atoms with Crippen LogP contribution in [-0.4, -0.2) is 21.2 Å². The first-order chi connectivity index (χ1) is 13.8. The summed E-state index contributed by atoms with van der Waals surface area (Å²) in [5, 5.41) is 9.52. The molecule has 10 heteroatoms. The van der Waals surface area contributed by atoms with Crippen molar-refractivity contribution in [1.29, 1.82) is 0 Å². The quantitative estimate of drug-likeness (QED) is 0.609. The van der Waals surface area contributed by atoms with Crippen molar-refractivity contribution in [3.8, 4) is 0 Å². The summed E-state index contributed by atoms with van der Waals surface area (Å²) in [6.07, 6.45) is -3.43. The number of carbonyl (C=O) groups excluding carboxylic acids is 1. The van der Waals surface area contributed by atoms with Gasteiger partial charge in [-0.3, -0.25) is 9.59 Å². The molecule has 3 aromatic rings. The van der Waals surface area contributed by atoms with Gasteiger partial charge in [-0.2, -0.15) is 18.3 Å². The van der Waals surface area contributed by atoms with Crippen LogP contribution >= 0.6 is 22.7 Å². The SMILES string of the molecule is O=C(Cn1cc(C(F)(F)F)ccc1=O)N1N=C(c2cccs2)CC1c1cccs1. The fraction of sp³-hybridized carbons (Fsp3) is 0.211. The Balaban J connectivity index is 1.64. The Kier molecular flexibility index (Phi) is 5.13. The third kappa shape index (κ3) is 4.03. The van der Waals surface area contributed by atoms with Crippen LogP contribution < -0.4 is 5.56 Å². The molecule has 0 saturated heterocycles.